The molecule has 2 rings (SSSR count). The average Bonchev–Trinajstić information content (AvgIpc) is 3.02. The number of nitrogens with one attached hydrogen (secondary N) is 1. The quantitative estimate of drug-likeness (QED) is 0.759. The van der Waals surface area contributed by atoms with Crippen molar-refractivity contribution in [1.29, 1.82) is 0 Å². The lowest BCUT2D eigenvalue weighted by molar-refractivity contribution is -0.121. The first-order valence-electron chi connectivity index (χ1n) is 7.07. The summed E-state index contributed by atoms with van der Waals surface area (Å²) in [6.45, 7) is 1.08. The molecule has 5 nitrogen and oxygen atoms in total. The molecule has 0 fully saturated rings. The molecule has 2 aromatic rings. The maximum atomic E-state index is 11.6. The number of ether oxygens (including phenoxy) is 2. The van der Waals surface area contributed by atoms with E-state index >= 15 is 0 Å². The highest BCUT2D eigenvalue weighted by Crippen LogP contribution is 2.24. The summed E-state index contributed by atoms with van der Waals surface area (Å²) in [6, 6.07) is 7.79. The van der Waals surface area contributed by atoms with Crippen molar-refractivity contribution in [1.82, 2.24) is 10.3 Å². The molecule has 0 bridgehead atoms. The maximum Gasteiger partial charge on any atom is 0.220 e. The molecule has 1 aromatic carbocycles. The highest BCUT2D eigenvalue weighted by Gasteiger charge is 2.07. The van der Waals surface area contributed by atoms with Crippen LogP contribution in [0.2, 0.25) is 0 Å². The van der Waals surface area contributed by atoms with Gasteiger partial charge in [-0.15, -0.1) is 11.3 Å². The number of hydrogen-bond acceptors (Lipinski definition) is 5. The molecular formula is C16H20N2O3S. The predicted octanol–water partition coefficient (Wildman–Crippen LogP) is 2.51. The number of aromatic nitrogens is 1. The van der Waals surface area contributed by atoms with Crippen molar-refractivity contribution >= 4 is 17.2 Å². The Balaban J connectivity index is 1.86. The van der Waals surface area contributed by atoms with Gasteiger partial charge in [0.2, 0.25) is 5.91 Å². The highest BCUT2D eigenvalue weighted by molar-refractivity contribution is 7.09. The molecule has 0 saturated heterocycles. The lowest BCUT2D eigenvalue weighted by Crippen LogP contribution is -2.27. The lowest BCUT2D eigenvalue weighted by Gasteiger charge is -2.03. The second kappa shape index (κ2) is 8.51. The molecule has 22 heavy (non-hydrogen) atoms. The third kappa shape index (κ3) is 4.82. The van der Waals surface area contributed by atoms with E-state index in [9.17, 15) is 4.79 Å². The topological polar surface area (TPSA) is 60.5 Å². The lowest BCUT2D eigenvalue weighted by atomic mass is 10.2. The van der Waals surface area contributed by atoms with Crippen LogP contribution in [-0.2, 0) is 16.0 Å². The van der Waals surface area contributed by atoms with Gasteiger partial charge in [-0.25, -0.2) is 4.98 Å². The van der Waals surface area contributed by atoms with Gasteiger partial charge in [-0.3, -0.25) is 4.79 Å². The average molecular weight is 320 g/mol. The van der Waals surface area contributed by atoms with E-state index in [2.05, 4.69) is 10.3 Å². The van der Waals surface area contributed by atoms with Crippen LogP contribution < -0.4 is 10.1 Å². The van der Waals surface area contributed by atoms with Crippen molar-refractivity contribution in [2.24, 2.45) is 0 Å². The van der Waals surface area contributed by atoms with Gasteiger partial charge < -0.3 is 14.8 Å². The van der Waals surface area contributed by atoms with Crippen LogP contribution in [0.15, 0.2) is 29.6 Å². The zero-order valence-corrected chi connectivity index (χ0v) is 13.6. The van der Waals surface area contributed by atoms with Crippen molar-refractivity contribution in [3.8, 4) is 17.0 Å². The summed E-state index contributed by atoms with van der Waals surface area (Å²) in [7, 11) is 3.26. The Labute approximate surface area is 134 Å². The fraction of sp³-hybridized carbons (Fsp3) is 0.375. The molecule has 1 aromatic heterocycles. The standard InChI is InChI=1S/C16H20N2O3S/c1-20-10-9-17-15(19)7-8-16-18-14(11-22-16)12-3-5-13(21-2)6-4-12/h3-6,11H,7-10H2,1-2H3,(H,17,19). The summed E-state index contributed by atoms with van der Waals surface area (Å²) in [5.74, 6) is 0.852. The van der Waals surface area contributed by atoms with Crippen LogP contribution in [0.4, 0.5) is 0 Å². The van der Waals surface area contributed by atoms with Crippen molar-refractivity contribution in [2.75, 3.05) is 27.4 Å². The molecule has 118 valence electrons. The van der Waals surface area contributed by atoms with Gasteiger partial charge >= 0.3 is 0 Å². The Morgan fingerprint density at radius 3 is 2.73 bits per heavy atom. The van der Waals surface area contributed by atoms with Gasteiger partial charge in [0.15, 0.2) is 0 Å². The van der Waals surface area contributed by atoms with Crippen molar-refractivity contribution in [3.05, 3.63) is 34.7 Å². The number of hydrogen-bond donors (Lipinski definition) is 1. The van der Waals surface area contributed by atoms with Crippen LogP contribution in [0, 0.1) is 0 Å². The van der Waals surface area contributed by atoms with E-state index in [1.54, 1.807) is 25.6 Å². The number of amides is 1. The summed E-state index contributed by atoms with van der Waals surface area (Å²) >= 11 is 1.58. The first kappa shape index (κ1) is 16.5. The molecule has 0 unspecified atom stereocenters. The van der Waals surface area contributed by atoms with E-state index in [-0.39, 0.29) is 5.91 Å². The fourth-order valence-corrected chi connectivity index (χ4v) is 2.73. The molecule has 0 aliphatic rings. The molecule has 0 atom stereocenters. The van der Waals surface area contributed by atoms with Crippen LogP contribution in [0.1, 0.15) is 11.4 Å². The minimum Gasteiger partial charge on any atom is -0.497 e. The second-order valence-electron chi connectivity index (χ2n) is 4.70. The molecule has 0 saturated carbocycles. The minimum absolute atomic E-state index is 0.0262. The van der Waals surface area contributed by atoms with Crippen LogP contribution in [-0.4, -0.2) is 38.3 Å². The smallest absolute Gasteiger partial charge is 0.220 e. The number of methoxy groups -OCH3 is 2. The molecule has 1 N–H and O–H groups in total. The molecule has 0 aliphatic carbocycles. The Bertz CT molecular complexity index is 596. The number of carbonyl (C=O) groups excluding carboxylic acids is 1. The zero-order chi connectivity index (χ0) is 15.8. The summed E-state index contributed by atoms with van der Waals surface area (Å²) < 4.78 is 10.0. The monoisotopic (exact) mass is 320 g/mol. The summed E-state index contributed by atoms with van der Waals surface area (Å²) in [4.78, 5) is 16.2. The van der Waals surface area contributed by atoms with Crippen molar-refractivity contribution in [3.63, 3.8) is 0 Å². The number of thiazole rings is 1. The van der Waals surface area contributed by atoms with Gasteiger partial charge in [0, 0.05) is 37.4 Å². The van der Waals surface area contributed by atoms with Gasteiger partial charge in [0.05, 0.1) is 24.4 Å². The van der Waals surface area contributed by atoms with Gasteiger partial charge in [-0.05, 0) is 24.3 Å². The van der Waals surface area contributed by atoms with Gasteiger partial charge in [-0.1, -0.05) is 0 Å². The van der Waals surface area contributed by atoms with E-state index in [0.29, 0.717) is 26.0 Å². The third-order valence-corrected chi connectivity index (χ3v) is 4.04. The Morgan fingerprint density at radius 1 is 1.27 bits per heavy atom. The van der Waals surface area contributed by atoms with Crippen LogP contribution in [0.3, 0.4) is 0 Å². The number of carbonyl (C=O) groups is 1. The minimum atomic E-state index is 0.0262. The third-order valence-electron chi connectivity index (χ3n) is 3.13. The predicted molar refractivity (Wildman–Crippen MR) is 87.3 cm³/mol. The van der Waals surface area contributed by atoms with Crippen LogP contribution in [0.5, 0.6) is 5.75 Å². The molecule has 1 heterocycles. The van der Waals surface area contributed by atoms with E-state index in [0.717, 1.165) is 22.0 Å². The summed E-state index contributed by atoms with van der Waals surface area (Å²) in [5.41, 5.74) is 1.98. The van der Waals surface area contributed by atoms with Crippen LogP contribution in [0.25, 0.3) is 11.3 Å². The van der Waals surface area contributed by atoms with Gasteiger partial charge in [0.1, 0.15) is 5.75 Å². The molecule has 0 radical (unpaired) electrons. The Kier molecular flexibility index (Phi) is 6.36. The Morgan fingerprint density at radius 2 is 2.05 bits per heavy atom. The number of aryl methyl sites for hydroxylation is 1. The zero-order valence-electron chi connectivity index (χ0n) is 12.8. The molecule has 6 heteroatoms. The van der Waals surface area contributed by atoms with Crippen LogP contribution >= 0.6 is 11.3 Å². The molecular weight excluding hydrogens is 300 g/mol. The SMILES string of the molecule is COCCNC(=O)CCc1nc(-c2ccc(OC)cc2)cs1. The highest BCUT2D eigenvalue weighted by atomic mass is 32.1. The first-order chi connectivity index (χ1) is 10.7. The number of rotatable bonds is 8. The van der Waals surface area contributed by atoms with E-state index in [1.165, 1.54) is 0 Å². The summed E-state index contributed by atoms with van der Waals surface area (Å²) in [6.07, 6.45) is 1.10. The molecule has 1 amide bonds. The van der Waals surface area contributed by atoms with E-state index in [4.69, 9.17) is 9.47 Å². The van der Waals surface area contributed by atoms with Gasteiger partial charge in [-0.2, -0.15) is 0 Å². The summed E-state index contributed by atoms with van der Waals surface area (Å²) in [5, 5.41) is 5.78. The number of benzene rings is 1. The maximum absolute atomic E-state index is 11.6. The van der Waals surface area contributed by atoms with Crippen molar-refractivity contribution < 1.29 is 14.3 Å². The number of nitrogens with zero attached hydrogens (tertiary/aromatic N) is 1. The van der Waals surface area contributed by atoms with E-state index < -0.39 is 0 Å². The molecule has 0 aliphatic heterocycles. The van der Waals surface area contributed by atoms with Crippen molar-refractivity contribution in [2.45, 2.75) is 12.8 Å². The largest absolute Gasteiger partial charge is 0.497 e. The van der Waals surface area contributed by atoms with E-state index in [1.807, 2.05) is 29.6 Å². The Hall–Kier alpha value is -1.92. The second-order valence-corrected chi connectivity index (χ2v) is 5.64. The van der Waals surface area contributed by atoms with Gasteiger partial charge in [0.25, 0.3) is 0 Å². The fourth-order valence-electron chi connectivity index (χ4n) is 1.92. The molecule has 0 spiro atoms. The first-order valence-corrected chi connectivity index (χ1v) is 7.95. The normalized spacial score (nSPS) is 10.5.